The van der Waals surface area contributed by atoms with Crippen molar-refractivity contribution in [3.8, 4) is 5.88 Å². The van der Waals surface area contributed by atoms with Crippen molar-refractivity contribution in [3.63, 3.8) is 0 Å². The van der Waals surface area contributed by atoms with E-state index in [1.807, 2.05) is 19.1 Å². The number of rotatable bonds is 4. The molecule has 0 bridgehead atoms. The summed E-state index contributed by atoms with van der Waals surface area (Å²) >= 11 is 0. The van der Waals surface area contributed by atoms with Gasteiger partial charge in [-0.05, 0) is 19.4 Å². The Labute approximate surface area is 101 Å². The first-order valence-corrected chi connectivity index (χ1v) is 7.48. The van der Waals surface area contributed by atoms with Gasteiger partial charge in [0.05, 0.1) is 18.1 Å². The Hall–Kier alpha value is -1.30. The van der Waals surface area contributed by atoms with Gasteiger partial charge in [-0.15, -0.1) is 0 Å². The van der Waals surface area contributed by atoms with Gasteiger partial charge in [0.2, 0.25) is 5.88 Å². The molecule has 0 aromatic carbocycles. The molecule has 5 nitrogen and oxygen atoms in total. The molecular formula is C11H16N2O3S. The summed E-state index contributed by atoms with van der Waals surface area (Å²) in [5, 5.41) is 3.12. The summed E-state index contributed by atoms with van der Waals surface area (Å²) in [6.07, 6.45) is 0.642. The van der Waals surface area contributed by atoms with Crippen LogP contribution in [0.1, 0.15) is 13.3 Å². The number of nitrogens with one attached hydrogen (secondary N) is 1. The molecule has 0 radical (unpaired) electrons. The van der Waals surface area contributed by atoms with E-state index >= 15 is 0 Å². The summed E-state index contributed by atoms with van der Waals surface area (Å²) < 4.78 is 27.9. The van der Waals surface area contributed by atoms with E-state index in [0.29, 0.717) is 24.7 Å². The van der Waals surface area contributed by atoms with E-state index < -0.39 is 9.84 Å². The van der Waals surface area contributed by atoms with Crippen molar-refractivity contribution < 1.29 is 13.2 Å². The maximum Gasteiger partial charge on any atom is 0.215 e. The van der Waals surface area contributed by atoms with Crippen LogP contribution >= 0.6 is 0 Å². The first kappa shape index (κ1) is 12.2. The lowest BCUT2D eigenvalue weighted by atomic mass is 10.2. The Morgan fingerprint density at radius 1 is 1.53 bits per heavy atom. The molecule has 1 fully saturated rings. The number of aromatic nitrogens is 1. The number of nitrogens with zero attached hydrogens (tertiary/aromatic N) is 1. The van der Waals surface area contributed by atoms with E-state index in [9.17, 15) is 8.42 Å². The lowest BCUT2D eigenvalue weighted by molar-refractivity contribution is 0.327. The number of anilines is 1. The maximum atomic E-state index is 11.3. The zero-order chi connectivity index (χ0) is 12.3. The van der Waals surface area contributed by atoms with Crippen LogP contribution in [-0.4, -0.2) is 37.6 Å². The molecule has 1 aromatic heterocycles. The quantitative estimate of drug-likeness (QED) is 0.873. The monoisotopic (exact) mass is 256 g/mol. The molecule has 1 N–H and O–H groups in total. The van der Waals surface area contributed by atoms with E-state index in [-0.39, 0.29) is 17.5 Å². The number of pyridine rings is 1. The number of sulfone groups is 1. The van der Waals surface area contributed by atoms with Gasteiger partial charge in [-0.3, -0.25) is 0 Å². The second-order valence-electron chi connectivity index (χ2n) is 4.04. The number of hydrogen-bond donors (Lipinski definition) is 1. The van der Waals surface area contributed by atoms with Crippen molar-refractivity contribution in [3.05, 3.63) is 18.2 Å². The van der Waals surface area contributed by atoms with Crippen LogP contribution in [0.4, 0.5) is 5.82 Å². The second kappa shape index (κ2) is 4.91. The third-order valence-electron chi connectivity index (χ3n) is 2.60. The molecule has 0 saturated carbocycles. The minimum atomic E-state index is -2.86. The molecule has 0 spiro atoms. The van der Waals surface area contributed by atoms with Gasteiger partial charge < -0.3 is 10.1 Å². The van der Waals surface area contributed by atoms with Gasteiger partial charge in [-0.25, -0.2) is 8.42 Å². The zero-order valence-electron chi connectivity index (χ0n) is 9.72. The van der Waals surface area contributed by atoms with E-state index in [0.717, 1.165) is 0 Å². The predicted molar refractivity (Wildman–Crippen MR) is 66.1 cm³/mol. The molecule has 17 heavy (non-hydrogen) atoms. The minimum absolute atomic E-state index is 0.0376. The molecule has 1 saturated heterocycles. The largest absolute Gasteiger partial charge is 0.478 e. The molecule has 2 heterocycles. The van der Waals surface area contributed by atoms with Gasteiger partial charge >= 0.3 is 0 Å². The van der Waals surface area contributed by atoms with Crippen molar-refractivity contribution in [2.24, 2.45) is 0 Å². The smallest absolute Gasteiger partial charge is 0.215 e. The molecule has 1 aromatic rings. The topological polar surface area (TPSA) is 68.3 Å². The normalized spacial score (nSPS) is 22.3. The van der Waals surface area contributed by atoms with E-state index in [1.165, 1.54) is 0 Å². The van der Waals surface area contributed by atoms with Gasteiger partial charge in [0.15, 0.2) is 9.84 Å². The molecule has 1 aliphatic heterocycles. The molecular weight excluding hydrogens is 240 g/mol. The minimum Gasteiger partial charge on any atom is -0.478 e. The van der Waals surface area contributed by atoms with Crippen LogP contribution in [0, 0.1) is 0 Å². The van der Waals surface area contributed by atoms with Gasteiger partial charge in [-0.2, -0.15) is 4.98 Å². The Bertz CT molecular complexity index is 487. The van der Waals surface area contributed by atoms with E-state index in [2.05, 4.69) is 10.3 Å². The highest BCUT2D eigenvalue weighted by molar-refractivity contribution is 7.91. The second-order valence-corrected chi connectivity index (χ2v) is 6.27. The lowest BCUT2D eigenvalue weighted by Gasteiger charge is -2.12. The summed E-state index contributed by atoms with van der Waals surface area (Å²) in [4.78, 5) is 4.25. The third-order valence-corrected chi connectivity index (χ3v) is 4.37. The molecule has 2 rings (SSSR count). The Morgan fingerprint density at radius 2 is 2.35 bits per heavy atom. The standard InChI is InChI=1S/C11H16N2O3S/c1-2-16-11-5-3-4-10(13-11)12-9-6-7-17(14,15)8-9/h3-5,9H,2,6-8H2,1H3,(H,12,13). The molecule has 94 valence electrons. The molecule has 0 aliphatic carbocycles. The summed E-state index contributed by atoms with van der Waals surface area (Å²) in [6, 6.07) is 5.39. The number of ether oxygens (including phenoxy) is 1. The van der Waals surface area contributed by atoms with Gasteiger partial charge in [-0.1, -0.05) is 6.07 Å². The molecule has 6 heteroatoms. The number of hydrogen-bond acceptors (Lipinski definition) is 5. The highest BCUT2D eigenvalue weighted by atomic mass is 32.2. The summed E-state index contributed by atoms with van der Waals surface area (Å²) in [5.74, 6) is 1.67. The van der Waals surface area contributed by atoms with Crippen LogP contribution in [0.3, 0.4) is 0 Å². The Morgan fingerprint density at radius 3 is 3.00 bits per heavy atom. The molecule has 1 aliphatic rings. The van der Waals surface area contributed by atoms with Crippen molar-refractivity contribution >= 4 is 15.7 Å². The van der Waals surface area contributed by atoms with E-state index in [4.69, 9.17) is 4.74 Å². The predicted octanol–water partition coefficient (Wildman–Crippen LogP) is 1.08. The Balaban J connectivity index is 2.01. The van der Waals surface area contributed by atoms with Crippen molar-refractivity contribution in [1.82, 2.24) is 4.98 Å². The first-order chi connectivity index (χ1) is 8.09. The molecule has 0 amide bonds. The zero-order valence-corrected chi connectivity index (χ0v) is 10.5. The first-order valence-electron chi connectivity index (χ1n) is 5.66. The SMILES string of the molecule is CCOc1cccc(NC2CCS(=O)(=O)C2)n1. The lowest BCUT2D eigenvalue weighted by Crippen LogP contribution is -2.21. The summed E-state index contributed by atoms with van der Waals surface area (Å²) in [7, 11) is -2.86. The fourth-order valence-corrected chi connectivity index (χ4v) is 3.51. The van der Waals surface area contributed by atoms with Crippen molar-refractivity contribution in [2.75, 3.05) is 23.4 Å². The fourth-order valence-electron chi connectivity index (χ4n) is 1.84. The van der Waals surface area contributed by atoms with Crippen LogP contribution in [0.5, 0.6) is 5.88 Å². The average Bonchev–Trinajstić information content (AvgIpc) is 2.59. The van der Waals surface area contributed by atoms with Crippen molar-refractivity contribution in [2.45, 2.75) is 19.4 Å². The van der Waals surface area contributed by atoms with Gasteiger partial charge in [0, 0.05) is 12.1 Å². The highest BCUT2D eigenvalue weighted by Crippen LogP contribution is 2.18. The van der Waals surface area contributed by atoms with Crippen LogP contribution < -0.4 is 10.1 Å². The van der Waals surface area contributed by atoms with Crippen LogP contribution in [0.25, 0.3) is 0 Å². The maximum absolute atomic E-state index is 11.3. The van der Waals surface area contributed by atoms with Crippen LogP contribution in [0.2, 0.25) is 0 Å². The molecule has 1 unspecified atom stereocenters. The average molecular weight is 256 g/mol. The highest BCUT2D eigenvalue weighted by Gasteiger charge is 2.27. The van der Waals surface area contributed by atoms with Crippen LogP contribution in [-0.2, 0) is 9.84 Å². The van der Waals surface area contributed by atoms with Gasteiger partial charge in [0.1, 0.15) is 5.82 Å². The van der Waals surface area contributed by atoms with Gasteiger partial charge in [0.25, 0.3) is 0 Å². The van der Waals surface area contributed by atoms with Crippen molar-refractivity contribution in [1.29, 1.82) is 0 Å². The Kier molecular flexibility index (Phi) is 3.51. The molecule has 1 atom stereocenters. The fraction of sp³-hybridized carbons (Fsp3) is 0.545. The summed E-state index contributed by atoms with van der Waals surface area (Å²) in [5.41, 5.74) is 0. The van der Waals surface area contributed by atoms with Crippen LogP contribution in [0.15, 0.2) is 18.2 Å². The summed E-state index contributed by atoms with van der Waals surface area (Å²) in [6.45, 7) is 2.46. The third kappa shape index (κ3) is 3.33. The van der Waals surface area contributed by atoms with E-state index in [1.54, 1.807) is 6.07 Å².